The van der Waals surface area contributed by atoms with Crippen LogP contribution >= 0.6 is 22.9 Å². The van der Waals surface area contributed by atoms with Crippen LogP contribution in [0.25, 0.3) is 0 Å². The minimum absolute atomic E-state index is 0.0190. The zero-order valence-electron chi connectivity index (χ0n) is 19.2. The zero-order chi connectivity index (χ0) is 25.4. The first-order chi connectivity index (χ1) is 15.9. The van der Waals surface area contributed by atoms with Crippen LogP contribution in [0.1, 0.15) is 36.9 Å². The van der Waals surface area contributed by atoms with E-state index in [1.54, 1.807) is 40.7 Å². The van der Waals surface area contributed by atoms with E-state index in [4.69, 9.17) is 20.9 Å². The highest BCUT2D eigenvalue weighted by Crippen LogP contribution is 2.35. The fraction of sp³-hybridized carbons (Fsp3) is 0.286. The Kier molecular flexibility index (Phi) is 7.24. The highest BCUT2D eigenvalue weighted by Gasteiger charge is 2.29. The van der Waals surface area contributed by atoms with Crippen LogP contribution < -0.4 is 14.8 Å². The first kappa shape index (κ1) is 25.5. The second-order valence-corrected chi connectivity index (χ2v) is 10.7. The van der Waals surface area contributed by atoms with E-state index in [0.717, 1.165) is 11.3 Å². The van der Waals surface area contributed by atoms with Crippen molar-refractivity contribution in [3.63, 3.8) is 0 Å². The van der Waals surface area contributed by atoms with Crippen molar-refractivity contribution in [3.8, 4) is 5.75 Å². The average Bonchev–Trinajstić information content (AvgIpc) is 3.31. The molecule has 2 N–H and O–H groups in total. The number of anilines is 2. The van der Waals surface area contributed by atoms with Crippen molar-refractivity contribution in [2.75, 3.05) is 17.1 Å². The van der Waals surface area contributed by atoms with Crippen molar-refractivity contribution in [3.05, 3.63) is 49.3 Å². The molecular formula is C21H22ClN3O7S2. The van der Waals surface area contributed by atoms with Crippen LogP contribution in [0.15, 0.2) is 21.6 Å². The van der Waals surface area contributed by atoms with Gasteiger partial charge in [0, 0.05) is 10.4 Å². The van der Waals surface area contributed by atoms with E-state index in [9.17, 15) is 18.0 Å². The van der Waals surface area contributed by atoms with E-state index in [0.29, 0.717) is 32.9 Å². The number of nitrogens with one attached hydrogen (secondary N) is 2. The van der Waals surface area contributed by atoms with E-state index < -0.39 is 22.1 Å². The summed E-state index contributed by atoms with van der Waals surface area (Å²) in [5.41, 5.74) is 2.54. The SMILES string of the molecule is COC(=O)Oc1c(C)cc(C)c(NC(=O)c2sc(C)cc2S(=O)(=O)Nc2onc(C)c2Cl)c1C. The first-order valence-corrected chi connectivity index (χ1v) is 12.5. The normalized spacial score (nSPS) is 11.3. The Hall–Kier alpha value is -3.09. The Balaban J connectivity index is 1.98. The van der Waals surface area contributed by atoms with Gasteiger partial charge in [-0.05, 0) is 51.8 Å². The molecule has 0 saturated heterocycles. The molecule has 0 aliphatic carbocycles. The lowest BCUT2D eigenvalue weighted by atomic mass is 10.0. The number of hydrogen-bond acceptors (Lipinski definition) is 9. The van der Waals surface area contributed by atoms with Gasteiger partial charge >= 0.3 is 6.16 Å². The minimum Gasteiger partial charge on any atom is -0.437 e. The number of aryl methyl sites for hydroxylation is 4. The van der Waals surface area contributed by atoms with Crippen molar-refractivity contribution in [2.24, 2.45) is 0 Å². The number of rotatable bonds is 6. The molecule has 0 bridgehead atoms. The van der Waals surface area contributed by atoms with Crippen LogP contribution in [0, 0.1) is 34.6 Å². The Morgan fingerprint density at radius 1 is 1.12 bits per heavy atom. The molecule has 0 aliphatic heterocycles. The molecule has 182 valence electrons. The number of carbonyl (C=O) groups is 2. The first-order valence-electron chi connectivity index (χ1n) is 9.78. The average molecular weight is 528 g/mol. The number of benzene rings is 1. The van der Waals surface area contributed by atoms with Crippen molar-refractivity contribution < 1.29 is 32.0 Å². The summed E-state index contributed by atoms with van der Waals surface area (Å²) in [7, 11) is -3.04. The van der Waals surface area contributed by atoms with Crippen LogP contribution in [0.3, 0.4) is 0 Å². The number of hydrogen-bond donors (Lipinski definition) is 2. The van der Waals surface area contributed by atoms with Crippen LogP contribution in [-0.2, 0) is 14.8 Å². The summed E-state index contributed by atoms with van der Waals surface area (Å²) in [5, 5.41) is 6.38. The Morgan fingerprint density at radius 3 is 2.38 bits per heavy atom. The predicted molar refractivity (Wildman–Crippen MR) is 128 cm³/mol. The highest BCUT2D eigenvalue weighted by molar-refractivity contribution is 7.93. The number of methoxy groups -OCH3 is 1. The molecule has 1 aromatic carbocycles. The molecule has 0 saturated carbocycles. The zero-order valence-corrected chi connectivity index (χ0v) is 21.5. The lowest BCUT2D eigenvalue weighted by molar-refractivity contribution is 0.102. The van der Waals surface area contributed by atoms with Gasteiger partial charge in [-0.15, -0.1) is 11.3 Å². The number of sulfonamides is 1. The molecular weight excluding hydrogens is 506 g/mol. The van der Waals surface area contributed by atoms with Gasteiger partial charge in [-0.1, -0.05) is 22.8 Å². The van der Waals surface area contributed by atoms with E-state index in [1.165, 1.54) is 13.2 Å². The van der Waals surface area contributed by atoms with E-state index in [2.05, 4.69) is 19.9 Å². The van der Waals surface area contributed by atoms with Gasteiger partial charge in [-0.3, -0.25) is 4.79 Å². The van der Waals surface area contributed by atoms with Gasteiger partial charge in [0.2, 0.25) is 0 Å². The smallest absolute Gasteiger partial charge is 0.437 e. The van der Waals surface area contributed by atoms with Gasteiger partial charge in [-0.2, -0.15) is 0 Å². The molecule has 10 nitrogen and oxygen atoms in total. The second-order valence-electron chi connectivity index (χ2n) is 7.42. The van der Waals surface area contributed by atoms with Gasteiger partial charge in [0.25, 0.3) is 21.8 Å². The maximum Gasteiger partial charge on any atom is 0.513 e. The number of amides is 1. The molecule has 0 spiro atoms. The van der Waals surface area contributed by atoms with Gasteiger partial charge < -0.3 is 19.3 Å². The van der Waals surface area contributed by atoms with Gasteiger partial charge in [0.15, 0.2) is 0 Å². The topological polar surface area (TPSA) is 137 Å². The predicted octanol–water partition coefficient (Wildman–Crippen LogP) is 5.13. The number of aromatic nitrogens is 1. The van der Waals surface area contributed by atoms with Crippen LogP contribution in [0.2, 0.25) is 5.02 Å². The third-order valence-corrected chi connectivity index (χ3v) is 7.81. The van der Waals surface area contributed by atoms with E-state index >= 15 is 0 Å². The number of ether oxygens (including phenoxy) is 2. The fourth-order valence-corrected chi connectivity index (χ4v) is 5.93. The monoisotopic (exact) mass is 527 g/mol. The molecule has 3 aromatic rings. The molecule has 0 atom stereocenters. The maximum atomic E-state index is 13.2. The van der Waals surface area contributed by atoms with Crippen molar-refractivity contribution in [1.82, 2.24) is 5.16 Å². The van der Waals surface area contributed by atoms with Crippen molar-refractivity contribution in [2.45, 2.75) is 39.5 Å². The molecule has 1 amide bonds. The Labute approximate surface area is 205 Å². The highest BCUT2D eigenvalue weighted by atomic mass is 35.5. The molecule has 0 aliphatic rings. The van der Waals surface area contributed by atoms with E-state index in [1.807, 2.05) is 0 Å². The number of thiophene rings is 1. The van der Waals surface area contributed by atoms with Crippen molar-refractivity contribution >= 4 is 56.6 Å². The van der Waals surface area contributed by atoms with Crippen LogP contribution in [0.5, 0.6) is 5.75 Å². The summed E-state index contributed by atoms with van der Waals surface area (Å²) in [6.07, 6.45) is -0.901. The second kappa shape index (κ2) is 9.65. The summed E-state index contributed by atoms with van der Waals surface area (Å²) in [6, 6.07) is 3.10. The lowest BCUT2D eigenvalue weighted by Crippen LogP contribution is -2.19. The number of nitrogens with zero attached hydrogens (tertiary/aromatic N) is 1. The number of carbonyl (C=O) groups excluding carboxylic acids is 2. The molecule has 2 heterocycles. The largest absolute Gasteiger partial charge is 0.513 e. The molecule has 13 heteroatoms. The molecule has 0 unspecified atom stereocenters. The Morgan fingerprint density at radius 2 is 1.79 bits per heavy atom. The molecule has 3 rings (SSSR count). The van der Waals surface area contributed by atoms with Gasteiger partial charge in [-0.25, -0.2) is 17.9 Å². The quantitative estimate of drug-likeness (QED) is 0.332. The molecule has 2 aromatic heterocycles. The Bertz CT molecular complexity index is 1390. The lowest BCUT2D eigenvalue weighted by Gasteiger charge is -2.17. The summed E-state index contributed by atoms with van der Waals surface area (Å²) in [6.45, 7) is 8.42. The standard InChI is InChI=1S/C21H22ClN3O7S2/c1-9-7-10(2)17(31-21(27)30-6)12(4)16(9)23-19(26)18-14(8-11(3)33-18)34(28,29)25-20-15(22)13(5)24-32-20/h7-8,25H,1-6H3,(H,23,26). The number of halogens is 1. The van der Waals surface area contributed by atoms with E-state index in [-0.39, 0.29) is 26.4 Å². The van der Waals surface area contributed by atoms with Crippen molar-refractivity contribution in [1.29, 1.82) is 0 Å². The van der Waals surface area contributed by atoms with Crippen LogP contribution in [0.4, 0.5) is 16.4 Å². The third kappa shape index (κ3) is 5.03. The fourth-order valence-electron chi connectivity index (χ4n) is 3.26. The summed E-state index contributed by atoms with van der Waals surface area (Å²) >= 11 is 7.03. The summed E-state index contributed by atoms with van der Waals surface area (Å²) in [5.74, 6) is -0.665. The minimum atomic E-state index is -4.23. The maximum absolute atomic E-state index is 13.2. The molecule has 34 heavy (non-hydrogen) atoms. The van der Waals surface area contributed by atoms with Gasteiger partial charge in [0.1, 0.15) is 26.2 Å². The summed E-state index contributed by atoms with van der Waals surface area (Å²) in [4.78, 5) is 25.1. The summed E-state index contributed by atoms with van der Waals surface area (Å²) < 4.78 is 43.0. The van der Waals surface area contributed by atoms with Gasteiger partial charge in [0.05, 0.1) is 12.8 Å². The van der Waals surface area contributed by atoms with Crippen LogP contribution in [-0.4, -0.2) is 32.7 Å². The molecule has 0 fully saturated rings. The third-order valence-electron chi connectivity index (χ3n) is 4.83. The molecule has 0 radical (unpaired) electrons.